The summed E-state index contributed by atoms with van der Waals surface area (Å²) < 4.78 is 17.8. The highest BCUT2D eigenvalue weighted by Crippen LogP contribution is 2.43. The van der Waals surface area contributed by atoms with Crippen molar-refractivity contribution in [3.63, 3.8) is 0 Å². The molecule has 3 aromatic carbocycles. The molecule has 0 unspecified atom stereocenters. The summed E-state index contributed by atoms with van der Waals surface area (Å²) in [6.07, 6.45) is 5.05. The maximum absolute atomic E-state index is 14.2. The van der Waals surface area contributed by atoms with Gasteiger partial charge in [-0.15, -0.1) is 0 Å². The molecule has 0 radical (unpaired) electrons. The van der Waals surface area contributed by atoms with Gasteiger partial charge in [0.1, 0.15) is 11.5 Å². The van der Waals surface area contributed by atoms with Crippen LogP contribution in [0, 0.1) is 5.41 Å². The van der Waals surface area contributed by atoms with Gasteiger partial charge in [-0.2, -0.15) is 0 Å². The van der Waals surface area contributed by atoms with Crippen LogP contribution >= 0.6 is 0 Å². The maximum atomic E-state index is 14.2. The van der Waals surface area contributed by atoms with Gasteiger partial charge in [0.2, 0.25) is 5.90 Å². The first-order valence-electron chi connectivity index (χ1n) is 14.5. The van der Waals surface area contributed by atoms with Crippen LogP contribution < -0.4 is 14.8 Å². The fourth-order valence-electron chi connectivity index (χ4n) is 4.76. The molecular formula is C35H42N2O5. The first kappa shape index (κ1) is 30.8. The molecule has 2 atom stereocenters. The second-order valence-electron chi connectivity index (χ2n) is 11.6. The van der Waals surface area contributed by atoms with Crippen molar-refractivity contribution in [2.75, 3.05) is 26.9 Å². The quantitative estimate of drug-likeness (QED) is 0.233. The minimum absolute atomic E-state index is 0.0709. The van der Waals surface area contributed by atoms with Crippen LogP contribution in [0.2, 0.25) is 0 Å². The van der Waals surface area contributed by atoms with Crippen molar-refractivity contribution in [1.29, 1.82) is 0 Å². The van der Waals surface area contributed by atoms with E-state index in [9.17, 15) is 4.79 Å². The Morgan fingerprint density at radius 2 is 1.81 bits per heavy atom. The molecule has 0 bridgehead atoms. The number of aliphatic hydroxyl groups is 1. The highest BCUT2D eigenvalue weighted by molar-refractivity contribution is 6.01. The van der Waals surface area contributed by atoms with Gasteiger partial charge >= 0.3 is 0 Å². The third-order valence-electron chi connectivity index (χ3n) is 7.13. The Morgan fingerprint density at radius 1 is 1.05 bits per heavy atom. The lowest BCUT2D eigenvalue weighted by Gasteiger charge is -2.30. The summed E-state index contributed by atoms with van der Waals surface area (Å²) in [6, 6.07) is 25.1. The van der Waals surface area contributed by atoms with Gasteiger partial charge in [-0.25, -0.2) is 4.99 Å². The molecule has 7 nitrogen and oxygen atoms in total. The second kappa shape index (κ2) is 14.2. The highest BCUT2D eigenvalue weighted by Gasteiger charge is 2.52. The number of rotatable bonds is 13. The zero-order valence-electron chi connectivity index (χ0n) is 25.0. The van der Waals surface area contributed by atoms with E-state index in [0.29, 0.717) is 43.4 Å². The Kier molecular flexibility index (Phi) is 10.4. The van der Waals surface area contributed by atoms with Crippen LogP contribution in [0.25, 0.3) is 6.08 Å². The van der Waals surface area contributed by atoms with Crippen molar-refractivity contribution in [2.24, 2.45) is 10.4 Å². The lowest BCUT2D eigenvalue weighted by atomic mass is 9.83. The maximum Gasteiger partial charge on any atom is 0.252 e. The molecule has 0 spiro atoms. The molecule has 0 saturated carbocycles. The SMILES string of the molecule is COc1cccc([C@H]2OC(c3ccc(OCCCO)cc3)=N[C@@]2(C/C=C/c2ccccc2)C(=O)NCCC(C)(C)C)c1. The summed E-state index contributed by atoms with van der Waals surface area (Å²) in [5, 5.41) is 12.2. The molecule has 0 aliphatic carbocycles. The van der Waals surface area contributed by atoms with Crippen LogP contribution in [0.4, 0.5) is 0 Å². The molecule has 0 fully saturated rings. The van der Waals surface area contributed by atoms with Crippen LogP contribution in [0.15, 0.2) is 89.9 Å². The van der Waals surface area contributed by atoms with E-state index in [1.54, 1.807) is 7.11 Å². The van der Waals surface area contributed by atoms with Crippen molar-refractivity contribution in [2.45, 2.75) is 51.7 Å². The predicted molar refractivity (Wildman–Crippen MR) is 167 cm³/mol. The van der Waals surface area contributed by atoms with Crippen LogP contribution in [0.5, 0.6) is 11.5 Å². The molecule has 1 aliphatic rings. The van der Waals surface area contributed by atoms with E-state index in [0.717, 1.165) is 23.1 Å². The standard InChI is InChI=1S/C35H42N2O5/c1-34(2,3)21-22-36-33(39)35(20-9-13-26-11-6-5-7-12-26)31(28-14-8-15-30(25-28)40-4)42-32(37-35)27-16-18-29(19-17-27)41-24-10-23-38/h5-9,11-19,25,31,38H,10,20-24H2,1-4H3,(H,36,39)/b13-9+/t31-,35-/m1/s1. The molecule has 4 rings (SSSR count). The number of benzene rings is 3. The van der Waals surface area contributed by atoms with Gasteiger partial charge in [0.15, 0.2) is 11.6 Å². The normalized spacial score (nSPS) is 18.4. The monoisotopic (exact) mass is 570 g/mol. The number of amides is 1. The summed E-state index contributed by atoms with van der Waals surface area (Å²) in [4.78, 5) is 19.3. The van der Waals surface area contributed by atoms with Gasteiger partial charge in [0.25, 0.3) is 5.91 Å². The van der Waals surface area contributed by atoms with Crippen molar-refractivity contribution in [1.82, 2.24) is 5.32 Å². The van der Waals surface area contributed by atoms with E-state index in [2.05, 4.69) is 26.1 Å². The Hall–Kier alpha value is -4.10. The van der Waals surface area contributed by atoms with Gasteiger partial charge in [-0.1, -0.05) is 75.4 Å². The van der Waals surface area contributed by atoms with Crippen LogP contribution in [0.3, 0.4) is 0 Å². The average molecular weight is 571 g/mol. The zero-order valence-corrected chi connectivity index (χ0v) is 25.0. The van der Waals surface area contributed by atoms with Gasteiger partial charge < -0.3 is 24.6 Å². The predicted octanol–water partition coefficient (Wildman–Crippen LogP) is 6.37. The van der Waals surface area contributed by atoms with E-state index in [4.69, 9.17) is 24.3 Å². The zero-order chi connectivity index (χ0) is 30.0. The number of hydrogen-bond acceptors (Lipinski definition) is 6. The minimum Gasteiger partial charge on any atom is -0.497 e. The number of aliphatic imine (C=N–C) groups is 1. The van der Waals surface area contributed by atoms with Gasteiger partial charge in [0, 0.05) is 31.6 Å². The van der Waals surface area contributed by atoms with Crippen molar-refractivity contribution in [3.8, 4) is 11.5 Å². The number of nitrogens with one attached hydrogen (secondary N) is 1. The molecule has 0 saturated heterocycles. The third-order valence-corrected chi connectivity index (χ3v) is 7.13. The van der Waals surface area contributed by atoms with Crippen LogP contribution in [0.1, 0.15) is 62.8 Å². The number of carbonyl (C=O) groups is 1. The minimum atomic E-state index is -1.25. The van der Waals surface area contributed by atoms with Crippen molar-refractivity contribution < 1.29 is 24.1 Å². The molecule has 7 heteroatoms. The van der Waals surface area contributed by atoms with Crippen molar-refractivity contribution >= 4 is 17.9 Å². The lowest BCUT2D eigenvalue weighted by Crippen LogP contribution is -2.48. The number of ether oxygens (including phenoxy) is 3. The van der Waals surface area contributed by atoms with E-state index in [-0.39, 0.29) is 17.9 Å². The first-order chi connectivity index (χ1) is 20.2. The number of methoxy groups -OCH3 is 1. The summed E-state index contributed by atoms with van der Waals surface area (Å²) in [5.74, 6) is 1.57. The molecule has 0 aromatic heterocycles. The van der Waals surface area contributed by atoms with E-state index in [1.807, 2.05) is 91.0 Å². The summed E-state index contributed by atoms with van der Waals surface area (Å²) >= 11 is 0. The average Bonchev–Trinajstić information content (AvgIpc) is 3.38. The molecule has 222 valence electrons. The molecule has 2 N–H and O–H groups in total. The lowest BCUT2D eigenvalue weighted by molar-refractivity contribution is -0.128. The number of hydrogen-bond donors (Lipinski definition) is 2. The van der Waals surface area contributed by atoms with Crippen LogP contribution in [-0.4, -0.2) is 49.3 Å². The molecule has 42 heavy (non-hydrogen) atoms. The molecule has 1 heterocycles. The van der Waals surface area contributed by atoms with Gasteiger partial charge in [-0.3, -0.25) is 4.79 Å². The summed E-state index contributed by atoms with van der Waals surface area (Å²) in [7, 11) is 1.62. The van der Waals surface area contributed by atoms with Crippen molar-refractivity contribution in [3.05, 3.63) is 102 Å². The molecular weight excluding hydrogens is 528 g/mol. The van der Waals surface area contributed by atoms with E-state index in [1.165, 1.54) is 0 Å². The number of aliphatic hydroxyl groups excluding tert-OH is 1. The fraction of sp³-hybridized carbons (Fsp3) is 0.371. The topological polar surface area (TPSA) is 89.4 Å². The first-order valence-corrected chi connectivity index (χ1v) is 14.5. The summed E-state index contributed by atoms with van der Waals surface area (Å²) in [6.45, 7) is 7.50. The van der Waals surface area contributed by atoms with Crippen LogP contribution in [-0.2, 0) is 9.53 Å². The Bertz CT molecular complexity index is 1360. The van der Waals surface area contributed by atoms with Gasteiger partial charge in [-0.05, 0) is 59.4 Å². The molecule has 1 aliphatic heterocycles. The van der Waals surface area contributed by atoms with E-state index < -0.39 is 11.6 Å². The molecule has 1 amide bonds. The number of nitrogens with zero attached hydrogens (tertiary/aromatic N) is 1. The third kappa shape index (κ3) is 8.01. The molecule has 3 aromatic rings. The smallest absolute Gasteiger partial charge is 0.252 e. The Morgan fingerprint density at radius 3 is 2.50 bits per heavy atom. The van der Waals surface area contributed by atoms with Gasteiger partial charge in [0.05, 0.1) is 13.7 Å². The fourth-order valence-corrected chi connectivity index (χ4v) is 4.76. The van der Waals surface area contributed by atoms with E-state index >= 15 is 0 Å². The Balaban J connectivity index is 1.73. The number of carbonyl (C=O) groups excluding carboxylic acids is 1. The largest absolute Gasteiger partial charge is 0.497 e. The second-order valence-corrected chi connectivity index (χ2v) is 11.6. The Labute approximate surface area is 249 Å². The summed E-state index contributed by atoms with van der Waals surface area (Å²) in [5.41, 5.74) is 1.41. The highest BCUT2D eigenvalue weighted by atomic mass is 16.5.